The number of hydrogen-bond acceptors (Lipinski definition) is 0. The van der Waals surface area contributed by atoms with Gasteiger partial charge in [0.2, 0.25) is 0 Å². The van der Waals surface area contributed by atoms with Gasteiger partial charge in [0.25, 0.3) is 0 Å². The zero-order valence-corrected chi connectivity index (χ0v) is 26.1. The minimum absolute atomic E-state index is 1.16. The van der Waals surface area contributed by atoms with Crippen LogP contribution in [0.25, 0.3) is 98.6 Å². The van der Waals surface area contributed by atoms with Crippen LogP contribution in [-0.4, -0.2) is 8.97 Å². The summed E-state index contributed by atoms with van der Waals surface area (Å²) in [5, 5.41) is 10.3. The number of rotatable bonds is 3. The molecule has 2 heteroatoms. The Morgan fingerprint density at radius 3 is 1.85 bits per heavy atom. The van der Waals surface area contributed by atoms with E-state index >= 15 is 0 Å². The first-order chi connectivity index (χ1) is 23.8. The molecule has 3 heterocycles. The summed E-state index contributed by atoms with van der Waals surface area (Å²) >= 11 is 0. The monoisotopic (exact) mass is 608 g/mol. The van der Waals surface area contributed by atoms with Crippen molar-refractivity contribution in [2.45, 2.75) is 0 Å². The van der Waals surface area contributed by atoms with E-state index in [9.17, 15) is 0 Å². The second-order valence-electron chi connectivity index (χ2n) is 12.9. The third-order valence-electron chi connectivity index (χ3n) is 10.4. The lowest BCUT2D eigenvalue weighted by Gasteiger charge is -2.14. The number of benzene rings is 8. The summed E-state index contributed by atoms with van der Waals surface area (Å²) in [4.78, 5) is 0. The Bertz CT molecular complexity index is 3050. The molecule has 0 bridgehead atoms. The van der Waals surface area contributed by atoms with Crippen molar-refractivity contribution in [1.82, 2.24) is 8.97 Å². The second kappa shape index (κ2) is 9.57. The van der Waals surface area contributed by atoms with Crippen molar-refractivity contribution in [2.75, 3.05) is 0 Å². The standard InChI is InChI=1S/C46H28N2/c1-2-12-29(13-3-1)33-17-6-7-18-34(33)31-15-10-16-32(28-31)47-41-23-11-21-37-36-20-8-9-22-40(36)48-45-35-19-5-4-14-30(35)24-25-38(45)39-26-27-42(47)44(43(37)41)46(39)48/h1-28H. The molecular formula is C46H28N2. The molecule has 11 rings (SSSR count). The molecule has 0 aliphatic carbocycles. The van der Waals surface area contributed by atoms with Crippen molar-refractivity contribution in [1.29, 1.82) is 0 Å². The van der Waals surface area contributed by atoms with Gasteiger partial charge in [-0.05, 0) is 63.4 Å². The van der Waals surface area contributed by atoms with E-state index in [0.717, 1.165) is 5.69 Å². The molecule has 0 saturated heterocycles. The highest BCUT2D eigenvalue weighted by Crippen LogP contribution is 2.46. The van der Waals surface area contributed by atoms with Gasteiger partial charge in [-0.25, -0.2) is 0 Å². The maximum absolute atomic E-state index is 2.56. The van der Waals surface area contributed by atoms with E-state index in [1.54, 1.807) is 0 Å². The Morgan fingerprint density at radius 2 is 0.958 bits per heavy atom. The molecule has 0 aliphatic rings. The molecule has 3 aromatic heterocycles. The van der Waals surface area contributed by atoms with E-state index in [2.05, 4.69) is 179 Å². The van der Waals surface area contributed by atoms with Crippen LogP contribution >= 0.6 is 0 Å². The van der Waals surface area contributed by atoms with Gasteiger partial charge >= 0.3 is 0 Å². The molecule has 8 aromatic carbocycles. The lowest BCUT2D eigenvalue weighted by molar-refractivity contribution is 1.18. The molecule has 48 heavy (non-hydrogen) atoms. The van der Waals surface area contributed by atoms with Crippen LogP contribution in [0.1, 0.15) is 0 Å². The lowest BCUT2D eigenvalue weighted by atomic mass is 9.94. The van der Waals surface area contributed by atoms with Gasteiger partial charge in [0.15, 0.2) is 0 Å². The van der Waals surface area contributed by atoms with E-state index in [1.165, 1.54) is 92.9 Å². The molecule has 0 fully saturated rings. The Labute approximate surface area is 276 Å². The average Bonchev–Trinajstić information content (AvgIpc) is 3.64. The van der Waals surface area contributed by atoms with Crippen molar-refractivity contribution in [3.63, 3.8) is 0 Å². The highest BCUT2D eigenvalue weighted by Gasteiger charge is 2.23. The van der Waals surface area contributed by atoms with E-state index in [-0.39, 0.29) is 0 Å². The zero-order chi connectivity index (χ0) is 31.3. The maximum atomic E-state index is 2.56. The minimum Gasteiger partial charge on any atom is -0.309 e. The van der Waals surface area contributed by atoms with Crippen molar-refractivity contribution in [2.24, 2.45) is 0 Å². The lowest BCUT2D eigenvalue weighted by Crippen LogP contribution is -1.95. The van der Waals surface area contributed by atoms with Gasteiger partial charge in [0.1, 0.15) is 0 Å². The Hall–Kier alpha value is -6.38. The summed E-state index contributed by atoms with van der Waals surface area (Å²) < 4.78 is 5.04. The van der Waals surface area contributed by atoms with E-state index in [0.29, 0.717) is 0 Å². The highest BCUT2D eigenvalue weighted by molar-refractivity contribution is 6.34. The molecule has 0 saturated carbocycles. The van der Waals surface area contributed by atoms with Gasteiger partial charge in [-0.2, -0.15) is 0 Å². The fourth-order valence-electron chi connectivity index (χ4n) is 8.46. The van der Waals surface area contributed by atoms with Crippen LogP contribution in [-0.2, 0) is 0 Å². The summed E-state index contributed by atoms with van der Waals surface area (Å²) in [5.41, 5.74) is 12.3. The van der Waals surface area contributed by atoms with Gasteiger partial charge in [0.05, 0.1) is 27.6 Å². The van der Waals surface area contributed by atoms with Gasteiger partial charge in [-0.1, -0.05) is 140 Å². The molecule has 0 amide bonds. The van der Waals surface area contributed by atoms with Gasteiger partial charge in [0, 0.05) is 38.0 Å². The fraction of sp³-hybridized carbons (Fsp3) is 0. The van der Waals surface area contributed by atoms with Crippen LogP contribution < -0.4 is 0 Å². The van der Waals surface area contributed by atoms with Gasteiger partial charge in [-0.15, -0.1) is 0 Å². The summed E-state index contributed by atoms with van der Waals surface area (Å²) in [5.74, 6) is 0. The quantitative estimate of drug-likeness (QED) is 0.189. The average molecular weight is 609 g/mol. The molecule has 0 atom stereocenters. The fourth-order valence-corrected chi connectivity index (χ4v) is 8.46. The second-order valence-corrected chi connectivity index (χ2v) is 12.9. The predicted molar refractivity (Wildman–Crippen MR) is 204 cm³/mol. The van der Waals surface area contributed by atoms with Crippen molar-refractivity contribution >= 4 is 70.7 Å². The molecule has 0 radical (unpaired) electrons. The van der Waals surface area contributed by atoms with E-state index < -0.39 is 0 Å². The van der Waals surface area contributed by atoms with Crippen LogP contribution in [0.15, 0.2) is 170 Å². The maximum Gasteiger partial charge on any atom is 0.0642 e. The number of para-hydroxylation sites is 1. The number of nitrogens with zero attached hydrogens (tertiary/aromatic N) is 2. The summed E-state index contributed by atoms with van der Waals surface area (Å²) in [6.07, 6.45) is 0. The van der Waals surface area contributed by atoms with Crippen LogP contribution in [0.2, 0.25) is 0 Å². The predicted octanol–water partition coefficient (Wildman–Crippen LogP) is 12.4. The van der Waals surface area contributed by atoms with Crippen molar-refractivity contribution in [3.8, 4) is 27.9 Å². The zero-order valence-electron chi connectivity index (χ0n) is 26.1. The van der Waals surface area contributed by atoms with Gasteiger partial charge in [-0.3, -0.25) is 0 Å². The summed E-state index contributed by atoms with van der Waals surface area (Å²) in [7, 11) is 0. The first kappa shape index (κ1) is 25.8. The van der Waals surface area contributed by atoms with Crippen LogP contribution in [0.3, 0.4) is 0 Å². The Morgan fingerprint density at radius 1 is 0.333 bits per heavy atom. The van der Waals surface area contributed by atoms with Crippen LogP contribution in [0.4, 0.5) is 0 Å². The molecule has 0 aliphatic heterocycles. The molecule has 0 spiro atoms. The number of fused-ring (bicyclic) bond motifs is 8. The van der Waals surface area contributed by atoms with E-state index in [1.807, 2.05) is 0 Å². The first-order valence-corrected chi connectivity index (χ1v) is 16.6. The topological polar surface area (TPSA) is 9.34 Å². The van der Waals surface area contributed by atoms with Gasteiger partial charge < -0.3 is 8.97 Å². The van der Waals surface area contributed by atoms with Crippen LogP contribution in [0, 0.1) is 0 Å². The Balaban J connectivity index is 1.30. The van der Waals surface area contributed by atoms with Crippen LogP contribution in [0.5, 0.6) is 0 Å². The largest absolute Gasteiger partial charge is 0.309 e. The first-order valence-electron chi connectivity index (χ1n) is 16.6. The van der Waals surface area contributed by atoms with E-state index in [4.69, 9.17) is 0 Å². The number of aromatic nitrogens is 2. The Kier molecular flexibility index (Phi) is 5.14. The third kappa shape index (κ3) is 3.36. The molecule has 2 nitrogen and oxygen atoms in total. The summed E-state index contributed by atoms with van der Waals surface area (Å²) in [6, 6.07) is 62.4. The highest BCUT2D eigenvalue weighted by atomic mass is 15.0. The van der Waals surface area contributed by atoms with Crippen molar-refractivity contribution < 1.29 is 0 Å². The SMILES string of the molecule is c1ccc(-c2ccccc2-c2cccc(-n3c4cccc5c6ccccc6n6c7c8ccccc8ccc7c7ccc3c(c54)c76)c2)cc1. The molecule has 0 unspecified atom stereocenters. The third-order valence-corrected chi connectivity index (χ3v) is 10.4. The molecule has 0 N–H and O–H groups in total. The normalized spacial score (nSPS) is 12.2. The summed E-state index contributed by atoms with van der Waals surface area (Å²) in [6.45, 7) is 0. The minimum atomic E-state index is 1.16. The smallest absolute Gasteiger partial charge is 0.0642 e. The van der Waals surface area contributed by atoms with Crippen molar-refractivity contribution in [3.05, 3.63) is 170 Å². The molecule has 11 aromatic rings. The molecule has 222 valence electrons. The number of hydrogen-bond donors (Lipinski definition) is 0. The molecular weight excluding hydrogens is 581 g/mol.